The summed E-state index contributed by atoms with van der Waals surface area (Å²) in [6.45, 7) is 0.504. The number of amidine groups is 1. The molecule has 0 atom stereocenters. The van der Waals surface area contributed by atoms with Gasteiger partial charge in [-0.25, -0.2) is 4.99 Å². The maximum absolute atomic E-state index is 13.1. The number of carbonyl (C=O) groups excluding carboxylic acids is 1. The molecule has 0 N–H and O–H groups in total. The molecule has 4 rings (SSSR count). The predicted molar refractivity (Wildman–Crippen MR) is 113 cm³/mol. The molecule has 0 aromatic heterocycles. The van der Waals surface area contributed by atoms with Gasteiger partial charge in [0.2, 0.25) is 0 Å². The Hall–Kier alpha value is -3.11. The van der Waals surface area contributed by atoms with E-state index in [4.69, 9.17) is 4.99 Å². The van der Waals surface area contributed by atoms with Crippen LogP contribution in [-0.4, -0.2) is 16.0 Å². The third kappa shape index (κ3) is 4.18. The summed E-state index contributed by atoms with van der Waals surface area (Å²) in [7, 11) is 0. The van der Waals surface area contributed by atoms with E-state index in [1.165, 1.54) is 11.8 Å². The van der Waals surface area contributed by atoms with E-state index in [1.807, 2.05) is 97.1 Å². The van der Waals surface area contributed by atoms with Crippen LogP contribution in [0, 0.1) is 0 Å². The van der Waals surface area contributed by atoms with Crippen LogP contribution in [0.5, 0.6) is 0 Å². The highest BCUT2D eigenvalue weighted by atomic mass is 32.2. The molecule has 3 aromatic carbocycles. The Morgan fingerprint density at radius 3 is 2.07 bits per heavy atom. The Morgan fingerprint density at radius 2 is 1.41 bits per heavy atom. The Labute approximate surface area is 163 Å². The molecule has 1 aliphatic rings. The highest BCUT2D eigenvalue weighted by Gasteiger charge is 2.33. The smallest absolute Gasteiger partial charge is 0.267 e. The fourth-order valence-electron chi connectivity index (χ4n) is 2.81. The molecule has 1 heterocycles. The second-order valence-corrected chi connectivity index (χ2v) is 7.14. The zero-order valence-corrected chi connectivity index (χ0v) is 15.5. The number of aliphatic imine (C=N–C) groups is 1. The Balaban J connectivity index is 1.69. The summed E-state index contributed by atoms with van der Waals surface area (Å²) in [5.41, 5.74) is 2.92. The molecule has 1 fully saturated rings. The van der Waals surface area contributed by atoms with Crippen LogP contribution in [0.15, 0.2) is 101 Å². The first-order valence-electron chi connectivity index (χ1n) is 8.74. The molecule has 0 aliphatic carbocycles. The molecular formula is C23H18N2OS. The van der Waals surface area contributed by atoms with Gasteiger partial charge in [0, 0.05) is 0 Å². The van der Waals surface area contributed by atoms with Crippen molar-refractivity contribution < 1.29 is 4.79 Å². The molecule has 3 nitrogen and oxygen atoms in total. The normalized spacial score (nSPS) is 17.0. The summed E-state index contributed by atoms with van der Waals surface area (Å²) in [6, 6.07) is 29.6. The van der Waals surface area contributed by atoms with Gasteiger partial charge in [0.05, 0.1) is 17.1 Å². The molecule has 1 saturated heterocycles. The Kier molecular flexibility index (Phi) is 5.17. The van der Waals surface area contributed by atoms with Crippen LogP contribution in [0.1, 0.15) is 11.1 Å². The number of carbonyl (C=O) groups is 1. The zero-order valence-electron chi connectivity index (χ0n) is 14.7. The highest BCUT2D eigenvalue weighted by Crippen LogP contribution is 2.35. The fourth-order valence-corrected chi connectivity index (χ4v) is 3.81. The molecule has 4 heteroatoms. The van der Waals surface area contributed by atoms with Crippen molar-refractivity contribution in [2.24, 2.45) is 4.99 Å². The zero-order chi connectivity index (χ0) is 18.5. The number of benzene rings is 3. The van der Waals surface area contributed by atoms with Gasteiger partial charge in [0.15, 0.2) is 5.17 Å². The minimum atomic E-state index is -0.0117. The lowest BCUT2D eigenvalue weighted by atomic mass is 10.2. The lowest BCUT2D eigenvalue weighted by molar-refractivity contribution is -0.122. The average molecular weight is 370 g/mol. The van der Waals surface area contributed by atoms with Crippen LogP contribution < -0.4 is 0 Å². The summed E-state index contributed by atoms with van der Waals surface area (Å²) in [6.07, 6.45) is 1.93. The number of hydrogen-bond acceptors (Lipinski definition) is 3. The van der Waals surface area contributed by atoms with Crippen molar-refractivity contribution in [3.05, 3.63) is 107 Å². The maximum atomic E-state index is 13.1. The lowest BCUT2D eigenvalue weighted by Crippen LogP contribution is -2.28. The monoisotopic (exact) mass is 370 g/mol. The third-order valence-electron chi connectivity index (χ3n) is 4.15. The number of amides is 1. The molecule has 0 bridgehead atoms. The Morgan fingerprint density at radius 1 is 0.815 bits per heavy atom. The first-order valence-corrected chi connectivity index (χ1v) is 9.55. The molecule has 3 aromatic rings. The highest BCUT2D eigenvalue weighted by molar-refractivity contribution is 8.18. The van der Waals surface area contributed by atoms with E-state index in [2.05, 4.69) is 0 Å². The maximum Gasteiger partial charge on any atom is 0.267 e. The van der Waals surface area contributed by atoms with Gasteiger partial charge in [-0.15, -0.1) is 0 Å². The third-order valence-corrected chi connectivity index (χ3v) is 5.16. The predicted octanol–water partition coefficient (Wildman–Crippen LogP) is 5.49. The van der Waals surface area contributed by atoms with E-state index in [-0.39, 0.29) is 5.91 Å². The number of thioether (sulfide) groups is 1. The molecule has 0 radical (unpaired) electrons. The summed E-state index contributed by atoms with van der Waals surface area (Å²) < 4.78 is 0. The second-order valence-electron chi connectivity index (χ2n) is 6.13. The van der Waals surface area contributed by atoms with E-state index in [9.17, 15) is 4.79 Å². The molecule has 0 unspecified atom stereocenters. The van der Waals surface area contributed by atoms with Crippen LogP contribution in [0.3, 0.4) is 0 Å². The van der Waals surface area contributed by atoms with Gasteiger partial charge in [0.25, 0.3) is 5.91 Å². The van der Waals surface area contributed by atoms with E-state index >= 15 is 0 Å². The molecule has 0 spiro atoms. The molecule has 132 valence electrons. The molecule has 27 heavy (non-hydrogen) atoms. The van der Waals surface area contributed by atoms with Crippen molar-refractivity contribution in [1.29, 1.82) is 0 Å². The summed E-state index contributed by atoms with van der Waals surface area (Å²) in [5, 5.41) is 0.706. The van der Waals surface area contributed by atoms with Gasteiger partial charge in [-0.05, 0) is 41.1 Å². The van der Waals surface area contributed by atoms with Gasteiger partial charge in [-0.2, -0.15) is 0 Å². The topological polar surface area (TPSA) is 32.7 Å². The van der Waals surface area contributed by atoms with Crippen molar-refractivity contribution >= 4 is 34.6 Å². The van der Waals surface area contributed by atoms with Crippen molar-refractivity contribution in [3.8, 4) is 0 Å². The average Bonchev–Trinajstić information content (AvgIpc) is 2.99. The van der Waals surface area contributed by atoms with Gasteiger partial charge in [-0.3, -0.25) is 9.69 Å². The van der Waals surface area contributed by atoms with Crippen molar-refractivity contribution in [1.82, 2.24) is 4.90 Å². The van der Waals surface area contributed by atoms with E-state index in [0.29, 0.717) is 16.6 Å². The second kappa shape index (κ2) is 8.06. The van der Waals surface area contributed by atoms with E-state index < -0.39 is 0 Å². The van der Waals surface area contributed by atoms with Crippen molar-refractivity contribution in [2.45, 2.75) is 6.54 Å². The first-order chi connectivity index (χ1) is 13.3. The van der Waals surface area contributed by atoms with Crippen LogP contribution in [-0.2, 0) is 11.3 Å². The van der Waals surface area contributed by atoms with E-state index in [0.717, 1.165) is 16.8 Å². The number of para-hydroxylation sites is 1. The van der Waals surface area contributed by atoms with Crippen LogP contribution in [0.25, 0.3) is 6.08 Å². The summed E-state index contributed by atoms with van der Waals surface area (Å²) >= 11 is 1.42. The quantitative estimate of drug-likeness (QED) is 0.569. The van der Waals surface area contributed by atoms with Crippen LogP contribution in [0.4, 0.5) is 5.69 Å². The first kappa shape index (κ1) is 17.3. The van der Waals surface area contributed by atoms with Crippen molar-refractivity contribution in [2.75, 3.05) is 0 Å². The molecule has 1 aliphatic heterocycles. The van der Waals surface area contributed by atoms with E-state index in [1.54, 1.807) is 4.90 Å². The number of rotatable bonds is 4. The van der Waals surface area contributed by atoms with Gasteiger partial charge in [-0.1, -0.05) is 78.9 Å². The van der Waals surface area contributed by atoms with Gasteiger partial charge in [0.1, 0.15) is 0 Å². The minimum absolute atomic E-state index is 0.0117. The molecule has 0 saturated carbocycles. The largest absolute Gasteiger partial charge is 0.282 e. The standard InChI is InChI=1S/C23H18N2OS/c26-22-21(16-18-10-4-1-5-11-18)27-23(24-20-14-8-3-9-15-20)25(22)17-19-12-6-2-7-13-19/h1-16H,17H2/b21-16+,24-23?. The van der Waals surface area contributed by atoms with Gasteiger partial charge >= 0.3 is 0 Å². The molecular weight excluding hydrogens is 352 g/mol. The SMILES string of the molecule is O=C1/C(=C\c2ccccc2)SC(=Nc2ccccc2)N1Cc1ccccc1. The Bertz CT molecular complexity index is 983. The molecule has 1 amide bonds. The summed E-state index contributed by atoms with van der Waals surface area (Å²) in [5.74, 6) is -0.0117. The fraction of sp³-hybridized carbons (Fsp3) is 0.0435. The minimum Gasteiger partial charge on any atom is -0.282 e. The number of hydrogen-bond donors (Lipinski definition) is 0. The van der Waals surface area contributed by atoms with Crippen LogP contribution >= 0.6 is 11.8 Å². The van der Waals surface area contributed by atoms with Crippen molar-refractivity contribution in [3.63, 3.8) is 0 Å². The number of nitrogens with zero attached hydrogens (tertiary/aromatic N) is 2. The van der Waals surface area contributed by atoms with Crippen LogP contribution in [0.2, 0.25) is 0 Å². The summed E-state index contributed by atoms with van der Waals surface area (Å²) in [4.78, 5) is 20.2. The van der Waals surface area contributed by atoms with Gasteiger partial charge < -0.3 is 0 Å². The lowest BCUT2D eigenvalue weighted by Gasteiger charge is -2.15.